The van der Waals surface area contributed by atoms with Gasteiger partial charge in [0, 0.05) is 56.3 Å². The van der Waals surface area contributed by atoms with Crippen LogP contribution < -0.4 is 14.7 Å². The molecule has 0 saturated heterocycles. The molecule has 5 heteroatoms. The molecule has 0 N–H and O–H groups in total. The highest BCUT2D eigenvalue weighted by Gasteiger charge is 2.26. The highest BCUT2D eigenvalue weighted by Crippen LogP contribution is 2.50. The normalized spacial score (nSPS) is 11.4. The van der Waals surface area contributed by atoms with Crippen LogP contribution in [0.1, 0.15) is 0 Å². The molecule has 65 heavy (non-hydrogen) atoms. The van der Waals surface area contributed by atoms with Gasteiger partial charge in [0.25, 0.3) is 0 Å². The van der Waals surface area contributed by atoms with Gasteiger partial charge in [0.1, 0.15) is 16.7 Å². The molecule has 0 spiro atoms. The molecule has 12 rings (SSSR count). The van der Waals surface area contributed by atoms with Crippen LogP contribution in [0.5, 0.6) is 0 Å². The van der Waals surface area contributed by atoms with Gasteiger partial charge in [0.05, 0.1) is 22.4 Å². The van der Waals surface area contributed by atoms with Gasteiger partial charge in [0.2, 0.25) is 0 Å². The Balaban J connectivity index is 1.16. The molecule has 0 radical (unpaired) electrons. The lowest BCUT2D eigenvalue weighted by atomic mass is 10.0. The Hall–Kier alpha value is -8.80. The predicted molar refractivity (Wildman–Crippen MR) is 270 cm³/mol. The van der Waals surface area contributed by atoms with E-state index in [4.69, 9.17) is 8.83 Å². The van der Waals surface area contributed by atoms with Gasteiger partial charge in [0.15, 0.2) is 5.58 Å². The molecular formula is C60H41N3O2. The number of hydrogen-bond donors (Lipinski definition) is 0. The zero-order valence-electron chi connectivity index (χ0n) is 35.3. The Bertz CT molecular complexity index is 3570. The average molecular weight is 836 g/mol. The molecule has 308 valence electrons. The number of rotatable bonds is 10. The van der Waals surface area contributed by atoms with Crippen molar-refractivity contribution in [2.75, 3.05) is 14.7 Å². The van der Waals surface area contributed by atoms with Gasteiger partial charge in [-0.05, 0) is 108 Å². The largest absolute Gasteiger partial charge is 0.456 e. The number of anilines is 9. The van der Waals surface area contributed by atoms with Gasteiger partial charge in [-0.25, -0.2) is 0 Å². The fourth-order valence-electron chi connectivity index (χ4n) is 9.28. The second-order valence-electron chi connectivity index (χ2n) is 16.1. The van der Waals surface area contributed by atoms with Crippen LogP contribution in [0.4, 0.5) is 51.2 Å². The van der Waals surface area contributed by atoms with Crippen molar-refractivity contribution < 1.29 is 8.83 Å². The van der Waals surface area contributed by atoms with Crippen LogP contribution in [0.25, 0.3) is 55.0 Å². The van der Waals surface area contributed by atoms with E-state index in [-0.39, 0.29) is 0 Å². The predicted octanol–water partition coefficient (Wildman–Crippen LogP) is 17.6. The van der Waals surface area contributed by atoms with Gasteiger partial charge in [-0.2, -0.15) is 0 Å². The number of nitrogens with zero attached hydrogens (tertiary/aromatic N) is 3. The van der Waals surface area contributed by atoms with Crippen LogP contribution in [0.15, 0.2) is 258 Å². The molecule has 2 heterocycles. The minimum Gasteiger partial charge on any atom is -0.456 e. The van der Waals surface area contributed by atoms with Crippen LogP contribution >= 0.6 is 0 Å². The minimum atomic E-state index is 0.758. The second kappa shape index (κ2) is 16.2. The lowest BCUT2D eigenvalue weighted by Gasteiger charge is -2.30. The van der Waals surface area contributed by atoms with Crippen LogP contribution in [0.3, 0.4) is 0 Å². The van der Waals surface area contributed by atoms with E-state index in [0.717, 1.165) is 106 Å². The summed E-state index contributed by atoms with van der Waals surface area (Å²) in [5.41, 5.74) is 14.5. The molecule has 0 fully saturated rings. The summed E-state index contributed by atoms with van der Waals surface area (Å²) in [6.07, 6.45) is 0. The van der Waals surface area contributed by atoms with Crippen molar-refractivity contribution in [3.63, 3.8) is 0 Å². The Labute approximate surface area is 376 Å². The lowest BCUT2D eigenvalue weighted by molar-refractivity contribution is 0.667. The summed E-state index contributed by atoms with van der Waals surface area (Å²) >= 11 is 0. The molecule has 0 unspecified atom stereocenters. The van der Waals surface area contributed by atoms with Crippen LogP contribution in [0.2, 0.25) is 0 Å². The van der Waals surface area contributed by atoms with E-state index in [1.807, 2.05) is 12.1 Å². The molecule has 0 aliphatic heterocycles. The lowest BCUT2D eigenvalue weighted by Crippen LogP contribution is -2.14. The van der Waals surface area contributed by atoms with Crippen LogP contribution in [-0.2, 0) is 0 Å². The summed E-state index contributed by atoms with van der Waals surface area (Å²) in [6.45, 7) is 0. The first kappa shape index (κ1) is 37.9. The Kier molecular flexibility index (Phi) is 9.42. The van der Waals surface area contributed by atoms with Crippen molar-refractivity contribution in [3.8, 4) is 11.1 Å². The third kappa shape index (κ3) is 6.83. The first-order valence-electron chi connectivity index (χ1n) is 21.9. The van der Waals surface area contributed by atoms with Crippen molar-refractivity contribution in [1.82, 2.24) is 0 Å². The molecule has 0 aliphatic carbocycles. The summed E-state index contributed by atoms with van der Waals surface area (Å²) < 4.78 is 13.8. The smallest absolute Gasteiger partial charge is 0.159 e. The fourth-order valence-corrected chi connectivity index (χ4v) is 9.28. The number of para-hydroxylation sites is 6. The van der Waals surface area contributed by atoms with E-state index in [9.17, 15) is 0 Å². The summed E-state index contributed by atoms with van der Waals surface area (Å²) in [6, 6.07) is 87.3. The van der Waals surface area contributed by atoms with E-state index >= 15 is 0 Å². The first-order chi connectivity index (χ1) is 32.2. The molecule has 10 aromatic carbocycles. The zero-order valence-corrected chi connectivity index (χ0v) is 35.3. The quantitative estimate of drug-likeness (QED) is 0.137. The van der Waals surface area contributed by atoms with E-state index in [1.165, 1.54) is 0 Å². The molecule has 0 bridgehead atoms. The van der Waals surface area contributed by atoms with Gasteiger partial charge in [-0.3, -0.25) is 0 Å². The number of furan rings is 2. The Morgan fingerprint density at radius 3 is 1.40 bits per heavy atom. The fraction of sp³-hybridized carbons (Fsp3) is 0. The standard InChI is InChI=1S/C60H41N3O2/c1-6-20-42(21-7-1)43-22-18-31-48(38-43)62(46-27-12-4-13-28-46)55-40-50(63(47-29-14-5-15-30-47)54-34-19-33-52-51-32-16-17-35-56(51)65-60(52)54)41-58-59(55)53-39-49(36-37-57(53)64-58)61(44-23-8-2-9-24-44)45-25-10-3-11-26-45/h1-41H. The van der Waals surface area contributed by atoms with Crippen LogP contribution in [0, 0.1) is 0 Å². The summed E-state index contributed by atoms with van der Waals surface area (Å²) in [5.74, 6) is 0. The molecule has 0 aliphatic rings. The third-order valence-electron chi connectivity index (χ3n) is 12.2. The molecular weight excluding hydrogens is 795 g/mol. The monoisotopic (exact) mass is 835 g/mol. The summed E-state index contributed by atoms with van der Waals surface area (Å²) in [5, 5.41) is 4.13. The van der Waals surface area contributed by atoms with Gasteiger partial charge in [-0.1, -0.05) is 146 Å². The molecule has 5 nitrogen and oxygen atoms in total. The van der Waals surface area contributed by atoms with Crippen molar-refractivity contribution in [3.05, 3.63) is 249 Å². The van der Waals surface area contributed by atoms with Gasteiger partial charge >= 0.3 is 0 Å². The van der Waals surface area contributed by atoms with Crippen molar-refractivity contribution in [1.29, 1.82) is 0 Å². The third-order valence-corrected chi connectivity index (χ3v) is 12.2. The van der Waals surface area contributed by atoms with Crippen LogP contribution in [-0.4, -0.2) is 0 Å². The van der Waals surface area contributed by atoms with E-state index in [2.05, 4.69) is 251 Å². The average Bonchev–Trinajstić information content (AvgIpc) is 3.95. The topological polar surface area (TPSA) is 36.0 Å². The van der Waals surface area contributed by atoms with Crippen molar-refractivity contribution in [2.45, 2.75) is 0 Å². The molecule has 0 saturated carbocycles. The Morgan fingerprint density at radius 2 is 0.738 bits per heavy atom. The summed E-state index contributed by atoms with van der Waals surface area (Å²) in [4.78, 5) is 6.97. The van der Waals surface area contributed by atoms with E-state index in [0.29, 0.717) is 0 Å². The van der Waals surface area contributed by atoms with E-state index in [1.54, 1.807) is 0 Å². The van der Waals surface area contributed by atoms with Crippen molar-refractivity contribution in [2.24, 2.45) is 0 Å². The SMILES string of the molecule is c1ccc(-c2cccc(N(c3ccccc3)c3cc(N(c4ccccc4)c4cccc5c4oc4ccccc45)cc4oc5ccc(N(c6ccccc6)c6ccccc6)cc5c34)c2)cc1. The minimum absolute atomic E-state index is 0.758. The van der Waals surface area contributed by atoms with E-state index < -0.39 is 0 Å². The van der Waals surface area contributed by atoms with Gasteiger partial charge < -0.3 is 23.5 Å². The van der Waals surface area contributed by atoms with Gasteiger partial charge in [-0.15, -0.1) is 0 Å². The maximum absolute atomic E-state index is 7.06. The molecule has 12 aromatic rings. The molecule has 2 aromatic heterocycles. The number of fused-ring (bicyclic) bond motifs is 6. The second-order valence-corrected chi connectivity index (χ2v) is 16.1. The van der Waals surface area contributed by atoms with Crippen molar-refractivity contribution >= 4 is 95.1 Å². The highest BCUT2D eigenvalue weighted by molar-refractivity contribution is 6.17. The number of benzene rings is 10. The molecule has 0 atom stereocenters. The summed E-state index contributed by atoms with van der Waals surface area (Å²) in [7, 11) is 0. The zero-order chi connectivity index (χ0) is 43.1. The number of hydrogen-bond acceptors (Lipinski definition) is 5. The first-order valence-corrected chi connectivity index (χ1v) is 21.9. The Morgan fingerprint density at radius 1 is 0.246 bits per heavy atom. The maximum Gasteiger partial charge on any atom is 0.159 e. The molecule has 0 amide bonds. The maximum atomic E-state index is 7.06. The highest BCUT2D eigenvalue weighted by atomic mass is 16.3.